The summed E-state index contributed by atoms with van der Waals surface area (Å²) in [5, 5.41) is 0. The number of hydrogen-bond acceptors (Lipinski definition) is 4. The summed E-state index contributed by atoms with van der Waals surface area (Å²) in [7, 11) is 0. The van der Waals surface area contributed by atoms with Crippen LogP contribution in [0.3, 0.4) is 0 Å². The van der Waals surface area contributed by atoms with Crippen molar-refractivity contribution < 1.29 is 42.8 Å². The Morgan fingerprint density at radius 2 is 0.875 bits per heavy atom. The Morgan fingerprint density at radius 3 is 1.25 bits per heavy atom. The van der Waals surface area contributed by atoms with E-state index < -0.39 is 0 Å². The van der Waals surface area contributed by atoms with Crippen molar-refractivity contribution in [1.82, 2.24) is 9.97 Å². The molecule has 6 nitrogen and oxygen atoms in total. The van der Waals surface area contributed by atoms with Crippen LogP contribution in [0.15, 0.2) is 106 Å². The second kappa shape index (κ2) is 8.78. The summed E-state index contributed by atoms with van der Waals surface area (Å²) in [6.07, 6.45) is 7.79. The van der Waals surface area contributed by atoms with E-state index in [9.17, 15) is 0 Å². The number of rotatable bonds is 3. The predicted octanol–water partition coefficient (Wildman–Crippen LogP) is -1.80. The molecule has 6 rings (SSSR count). The summed E-state index contributed by atoms with van der Waals surface area (Å²) < 4.78 is 15.4. The molecule has 6 aromatic rings. The van der Waals surface area contributed by atoms with Gasteiger partial charge in [0.25, 0.3) is 0 Å². The minimum atomic E-state index is 0. The Kier molecular flexibility index (Phi) is 5.90. The quantitative estimate of drug-likeness (QED) is 0.291. The smallest absolute Gasteiger partial charge is 0.509 e. The molecule has 0 saturated carbocycles. The Labute approximate surface area is 195 Å². The fraction of sp³-hybridized carbons (Fsp3) is 0. The number of pyridine rings is 2. The molecule has 0 radical (unpaired) electrons. The molecule has 0 fully saturated rings. The standard InChI is InChI=1S/C24H16N4O2.2ClH/c1-3-7-21-19(5-1)25-23(29-21)27-13-9-17(10-14-27)18-11-15-28(16-12-18)24-26-20-6-2-4-8-22(20)30-24;;/h1-16H;2*1H/q+2;;/p-2. The van der Waals surface area contributed by atoms with Gasteiger partial charge in [0.05, 0.1) is 0 Å². The van der Waals surface area contributed by atoms with E-state index in [1.165, 1.54) is 0 Å². The molecule has 0 aliphatic carbocycles. The Hall–Kier alpha value is -3.74. The third-order valence-corrected chi connectivity index (χ3v) is 5.00. The maximum atomic E-state index is 5.82. The molecule has 0 bridgehead atoms. The van der Waals surface area contributed by atoms with Crippen LogP contribution in [-0.2, 0) is 0 Å². The van der Waals surface area contributed by atoms with Crippen molar-refractivity contribution in [2.24, 2.45) is 0 Å². The lowest BCUT2D eigenvalue weighted by Gasteiger charge is -2.01. The van der Waals surface area contributed by atoms with Crippen molar-refractivity contribution in [2.75, 3.05) is 0 Å². The summed E-state index contributed by atoms with van der Waals surface area (Å²) in [6, 6.07) is 24.7. The summed E-state index contributed by atoms with van der Waals surface area (Å²) in [4.78, 5) is 9.05. The van der Waals surface area contributed by atoms with E-state index in [4.69, 9.17) is 8.83 Å². The van der Waals surface area contributed by atoms with E-state index in [0.717, 1.165) is 33.3 Å². The van der Waals surface area contributed by atoms with Gasteiger partial charge in [-0.2, -0.15) is 9.13 Å². The molecule has 2 aromatic carbocycles. The van der Waals surface area contributed by atoms with Crippen molar-refractivity contribution in [3.8, 4) is 23.2 Å². The average molecular weight is 463 g/mol. The van der Waals surface area contributed by atoms with Gasteiger partial charge in [-0.1, -0.05) is 24.3 Å². The van der Waals surface area contributed by atoms with E-state index in [1.807, 2.05) is 107 Å². The van der Waals surface area contributed by atoms with E-state index in [-0.39, 0.29) is 24.8 Å². The fourth-order valence-corrected chi connectivity index (χ4v) is 3.43. The molecule has 0 unspecified atom stereocenters. The summed E-state index contributed by atoms with van der Waals surface area (Å²) >= 11 is 0. The second-order valence-electron chi connectivity index (χ2n) is 6.92. The van der Waals surface area contributed by atoms with Gasteiger partial charge >= 0.3 is 12.0 Å². The van der Waals surface area contributed by atoms with Gasteiger partial charge in [0.15, 0.2) is 11.2 Å². The molecule has 0 N–H and O–H groups in total. The number of nitrogens with zero attached hydrogens (tertiary/aromatic N) is 4. The number of benzene rings is 2. The zero-order valence-corrected chi connectivity index (χ0v) is 18.1. The van der Waals surface area contributed by atoms with Crippen LogP contribution in [-0.4, -0.2) is 9.97 Å². The number of aromatic nitrogens is 4. The molecule has 4 heterocycles. The highest BCUT2D eigenvalue weighted by Crippen LogP contribution is 2.19. The van der Waals surface area contributed by atoms with Gasteiger partial charge in [-0.25, -0.2) is 0 Å². The van der Waals surface area contributed by atoms with Gasteiger partial charge in [0.1, 0.15) is 24.8 Å². The van der Waals surface area contributed by atoms with Crippen LogP contribution < -0.4 is 33.9 Å². The molecule has 158 valence electrons. The maximum Gasteiger partial charge on any atom is 0.509 e. The predicted molar refractivity (Wildman–Crippen MR) is 110 cm³/mol. The van der Waals surface area contributed by atoms with Gasteiger partial charge < -0.3 is 33.6 Å². The van der Waals surface area contributed by atoms with E-state index >= 15 is 0 Å². The zero-order valence-electron chi connectivity index (χ0n) is 16.6. The molecule has 0 atom stereocenters. The van der Waals surface area contributed by atoms with E-state index in [1.54, 1.807) is 0 Å². The Bertz CT molecular complexity index is 1310. The van der Waals surface area contributed by atoms with Crippen LogP contribution in [0, 0.1) is 0 Å². The molecule has 0 saturated heterocycles. The summed E-state index contributed by atoms with van der Waals surface area (Å²) in [6.45, 7) is 0. The second-order valence-corrected chi connectivity index (χ2v) is 6.92. The third-order valence-electron chi connectivity index (χ3n) is 5.00. The van der Waals surface area contributed by atoms with Gasteiger partial charge in [-0.3, -0.25) is 0 Å². The Morgan fingerprint density at radius 1 is 0.500 bits per heavy atom. The van der Waals surface area contributed by atoms with Crippen LogP contribution in [0.5, 0.6) is 0 Å². The zero-order chi connectivity index (χ0) is 19.9. The largest absolute Gasteiger partial charge is 1.00 e. The van der Waals surface area contributed by atoms with Crippen LogP contribution in [0.1, 0.15) is 0 Å². The lowest BCUT2D eigenvalue weighted by molar-refractivity contribution is -0.613. The lowest BCUT2D eigenvalue weighted by Crippen LogP contribution is -3.00. The number of oxazole rings is 2. The maximum absolute atomic E-state index is 5.82. The molecular weight excluding hydrogens is 447 g/mol. The minimum Gasteiger partial charge on any atom is -1.00 e. The first-order valence-electron chi connectivity index (χ1n) is 9.58. The van der Waals surface area contributed by atoms with Crippen molar-refractivity contribution >= 4 is 22.2 Å². The molecule has 0 aliphatic heterocycles. The highest BCUT2D eigenvalue weighted by Gasteiger charge is 2.18. The van der Waals surface area contributed by atoms with Crippen molar-refractivity contribution in [3.05, 3.63) is 97.6 Å². The van der Waals surface area contributed by atoms with Gasteiger partial charge in [-0.05, 0) is 59.7 Å². The summed E-state index contributed by atoms with van der Waals surface area (Å²) in [5.74, 6) is 0. The fourth-order valence-electron chi connectivity index (χ4n) is 3.43. The highest BCUT2D eigenvalue weighted by atomic mass is 35.5. The van der Waals surface area contributed by atoms with E-state index in [2.05, 4.69) is 9.97 Å². The normalized spacial score (nSPS) is 10.6. The molecule has 32 heavy (non-hydrogen) atoms. The van der Waals surface area contributed by atoms with Crippen LogP contribution in [0.2, 0.25) is 0 Å². The number of para-hydroxylation sites is 4. The van der Waals surface area contributed by atoms with E-state index in [0.29, 0.717) is 12.0 Å². The molecule has 0 spiro atoms. The monoisotopic (exact) mass is 462 g/mol. The SMILES string of the molecule is [Cl-].[Cl-].c1ccc2oc(-[n+]3ccc(-c4cc[n+](-c5nc6ccccc6o5)cc4)cc3)nc2c1. The summed E-state index contributed by atoms with van der Waals surface area (Å²) in [5.41, 5.74) is 5.41. The van der Waals surface area contributed by atoms with Gasteiger partial charge in [-0.15, -0.1) is 0 Å². The molecule has 0 amide bonds. The minimum absolute atomic E-state index is 0. The van der Waals surface area contributed by atoms with Crippen LogP contribution in [0.25, 0.3) is 45.4 Å². The first-order valence-corrected chi connectivity index (χ1v) is 9.58. The first kappa shape index (κ1) is 21.5. The molecule has 8 heteroatoms. The van der Waals surface area contributed by atoms with Crippen LogP contribution in [0.4, 0.5) is 0 Å². The third kappa shape index (κ3) is 3.82. The van der Waals surface area contributed by atoms with Crippen molar-refractivity contribution in [3.63, 3.8) is 0 Å². The topological polar surface area (TPSA) is 59.8 Å². The highest BCUT2D eigenvalue weighted by molar-refractivity contribution is 5.73. The van der Waals surface area contributed by atoms with Crippen molar-refractivity contribution in [2.45, 2.75) is 0 Å². The average Bonchev–Trinajstić information content (AvgIpc) is 3.44. The van der Waals surface area contributed by atoms with Crippen molar-refractivity contribution in [1.29, 1.82) is 0 Å². The Balaban J connectivity index is 0.00000122. The molecule has 0 aliphatic rings. The first-order chi connectivity index (χ1) is 14.8. The number of hydrogen-bond donors (Lipinski definition) is 0. The van der Waals surface area contributed by atoms with Gasteiger partial charge in [0, 0.05) is 9.97 Å². The number of halogens is 2. The molecule has 4 aromatic heterocycles. The van der Waals surface area contributed by atoms with Crippen LogP contribution >= 0.6 is 0 Å². The lowest BCUT2D eigenvalue weighted by atomic mass is 10.1. The number of fused-ring (bicyclic) bond motifs is 2. The molecular formula is C24H16Cl2N4O2. The van der Waals surface area contributed by atoms with Gasteiger partial charge in [0.2, 0.25) is 11.0 Å².